The molecule has 2 aromatic rings. The van der Waals surface area contributed by atoms with Crippen molar-refractivity contribution in [2.75, 3.05) is 5.73 Å². The van der Waals surface area contributed by atoms with Crippen LogP contribution in [-0.4, -0.2) is 0 Å². The number of nitrogen functional groups attached to an aromatic ring is 1. The molecule has 0 amide bonds. The van der Waals surface area contributed by atoms with Gasteiger partial charge in [0.1, 0.15) is 0 Å². The number of rotatable bonds is 2. The number of anilines is 1. The fraction of sp³-hybridized carbons (Fsp3) is 0.0769. The van der Waals surface area contributed by atoms with Crippen LogP contribution >= 0.6 is 11.8 Å². The Kier molecular flexibility index (Phi) is 3.52. The molecule has 0 saturated heterocycles. The summed E-state index contributed by atoms with van der Waals surface area (Å²) in [5, 5.41) is 0. The number of hydrogen-bond donors (Lipinski definition) is 1. The topological polar surface area (TPSA) is 26.0 Å². The van der Waals surface area contributed by atoms with Crippen molar-refractivity contribution in [3.8, 4) is 0 Å². The van der Waals surface area contributed by atoms with Gasteiger partial charge in [0, 0.05) is 15.5 Å². The van der Waals surface area contributed by atoms with E-state index in [1.54, 1.807) is 30.3 Å². The zero-order chi connectivity index (χ0) is 13.2. The minimum atomic E-state index is -4.34. The fourth-order valence-corrected chi connectivity index (χ4v) is 2.42. The second kappa shape index (κ2) is 4.94. The molecule has 0 spiro atoms. The monoisotopic (exact) mass is 269 g/mol. The van der Waals surface area contributed by atoms with Crippen molar-refractivity contribution >= 4 is 17.4 Å². The SMILES string of the molecule is Nc1ccc(Sc2ccccc2C(F)(F)F)cc1. The van der Waals surface area contributed by atoms with Crippen molar-refractivity contribution in [2.45, 2.75) is 16.0 Å². The molecular formula is C13H10F3NS. The Bertz CT molecular complexity index is 535. The maximum atomic E-state index is 12.8. The average Bonchev–Trinajstić information content (AvgIpc) is 2.31. The predicted molar refractivity (Wildman–Crippen MR) is 66.4 cm³/mol. The summed E-state index contributed by atoms with van der Waals surface area (Å²) in [6.45, 7) is 0. The fourth-order valence-electron chi connectivity index (χ4n) is 1.45. The third-order valence-corrected chi connectivity index (χ3v) is 3.38. The van der Waals surface area contributed by atoms with Gasteiger partial charge in [0.05, 0.1) is 5.56 Å². The Morgan fingerprint density at radius 2 is 1.50 bits per heavy atom. The van der Waals surface area contributed by atoms with Crippen molar-refractivity contribution < 1.29 is 13.2 Å². The highest BCUT2D eigenvalue weighted by molar-refractivity contribution is 7.99. The molecule has 0 aliphatic rings. The first-order valence-corrected chi connectivity index (χ1v) is 5.98. The van der Waals surface area contributed by atoms with E-state index in [0.29, 0.717) is 5.69 Å². The first-order valence-electron chi connectivity index (χ1n) is 5.16. The molecule has 2 aromatic carbocycles. The van der Waals surface area contributed by atoms with Gasteiger partial charge < -0.3 is 5.73 Å². The maximum Gasteiger partial charge on any atom is 0.417 e. The lowest BCUT2D eigenvalue weighted by atomic mass is 10.2. The highest BCUT2D eigenvalue weighted by Gasteiger charge is 2.33. The first-order chi connectivity index (χ1) is 8.47. The summed E-state index contributed by atoms with van der Waals surface area (Å²) in [5.74, 6) is 0. The molecule has 0 saturated carbocycles. The van der Waals surface area contributed by atoms with Crippen LogP contribution in [0.4, 0.5) is 18.9 Å². The highest BCUT2D eigenvalue weighted by atomic mass is 32.2. The maximum absolute atomic E-state index is 12.8. The van der Waals surface area contributed by atoms with Crippen LogP contribution in [0.25, 0.3) is 0 Å². The lowest BCUT2D eigenvalue weighted by molar-refractivity contribution is -0.139. The van der Waals surface area contributed by atoms with E-state index in [0.717, 1.165) is 22.7 Å². The summed E-state index contributed by atoms with van der Waals surface area (Å²) in [5.41, 5.74) is 5.50. The van der Waals surface area contributed by atoms with Gasteiger partial charge in [-0.25, -0.2) is 0 Å². The zero-order valence-electron chi connectivity index (χ0n) is 9.24. The molecule has 2 rings (SSSR count). The van der Waals surface area contributed by atoms with Gasteiger partial charge in [0.15, 0.2) is 0 Å². The van der Waals surface area contributed by atoms with Crippen molar-refractivity contribution in [3.63, 3.8) is 0 Å². The van der Waals surface area contributed by atoms with Crippen LogP contribution in [0.1, 0.15) is 5.56 Å². The Morgan fingerprint density at radius 3 is 2.11 bits per heavy atom. The van der Waals surface area contributed by atoms with Gasteiger partial charge in [0.2, 0.25) is 0 Å². The largest absolute Gasteiger partial charge is 0.417 e. The normalized spacial score (nSPS) is 11.5. The van der Waals surface area contributed by atoms with Gasteiger partial charge in [-0.1, -0.05) is 23.9 Å². The van der Waals surface area contributed by atoms with E-state index in [4.69, 9.17) is 5.73 Å². The van der Waals surface area contributed by atoms with Crippen molar-refractivity contribution in [1.29, 1.82) is 0 Å². The molecule has 0 aliphatic carbocycles. The smallest absolute Gasteiger partial charge is 0.399 e. The first kappa shape index (κ1) is 12.8. The van der Waals surface area contributed by atoms with Crippen molar-refractivity contribution in [1.82, 2.24) is 0 Å². The zero-order valence-corrected chi connectivity index (χ0v) is 10.1. The van der Waals surface area contributed by atoms with Crippen LogP contribution in [0.2, 0.25) is 0 Å². The van der Waals surface area contributed by atoms with Crippen LogP contribution in [0, 0.1) is 0 Å². The van der Waals surface area contributed by atoms with Crippen molar-refractivity contribution in [2.24, 2.45) is 0 Å². The second-order valence-electron chi connectivity index (χ2n) is 3.67. The molecule has 18 heavy (non-hydrogen) atoms. The van der Waals surface area contributed by atoms with Crippen LogP contribution < -0.4 is 5.73 Å². The number of halogens is 3. The van der Waals surface area contributed by atoms with E-state index in [9.17, 15) is 13.2 Å². The van der Waals surface area contributed by atoms with E-state index in [2.05, 4.69) is 0 Å². The number of benzene rings is 2. The molecule has 0 aliphatic heterocycles. The van der Waals surface area contributed by atoms with Gasteiger partial charge in [-0.15, -0.1) is 0 Å². The highest BCUT2D eigenvalue weighted by Crippen LogP contribution is 2.39. The Hall–Kier alpha value is -1.62. The molecule has 0 heterocycles. The van der Waals surface area contributed by atoms with Gasteiger partial charge in [-0.2, -0.15) is 13.2 Å². The minimum Gasteiger partial charge on any atom is -0.399 e. The van der Waals surface area contributed by atoms with Crippen LogP contribution in [0.3, 0.4) is 0 Å². The summed E-state index contributed by atoms with van der Waals surface area (Å²) >= 11 is 1.07. The molecule has 0 atom stereocenters. The second-order valence-corrected chi connectivity index (χ2v) is 4.78. The number of nitrogens with two attached hydrogens (primary N) is 1. The summed E-state index contributed by atoms with van der Waals surface area (Å²) in [4.78, 5) is 0.913. The third kappa shape index (κ3) is 2.98. The van der Waals surface area contributed by atoms with E-state index in [1.165, 1.54) is 12.1 Å². The van der Waals surface area contributed by atoms with E-state index >= 15 is 0 Å². The standard InChI is InChI=1S/C13H10F3NS/c14-13(15,16)11-3-1-2-4-12(11)18-10-7-5-9(17)6-8-10/h1-8H,17H2. The molecule has 2 N–H and O–H groups in total. The average molecular weight is 269 g/mol. The summed E-state index contributed by atoms with van der Waals surface area (Å²) in [6.07, 6.45) is -4.34. The predicted octanol–water partition coefficient (Wildman–Crippen LogP) is 4.44. The van der Waals surface area contributed by atoms with E-state index < -0.39 is 11.7 Å². The molecule has 1 nitrogen and oxygen atoms in total. The molecule has 5 heteroatoms. The lowest BCUT2D eigenvalue weighted by Gasteiger charge is -2.12. The molecule has 94 valence electrons. The van der Waals surface area contributed by atoms with E-state index in [-0.39, 0.29) is 4.90 Å². The quantitative estimate of drug-likeness (QED) is 0.816. The Labute approximate surface area is 107 Å². The molecule has 0 fully saturated rings. The van der Waals surface area contributed by atoms with Gasteiger partial charge in [-0.05, 0) is 36.4 Å². The summed E-state index contributed by atoms with van der Waals surface area (Å²) in [7, 11) is 0. The van der Waals surface area contributed by atoms with Crippen LogP contribution in [0.5, 0.6) is 0 Å². The van der Waals surface area contributed by atoms with Gasteiger partial charge >= 0.3 is 6.18 Å². The number of hydrogen-bond acceptors (Lipinski definition) is 2. The third-order valence-electron chi connectivity index (χ3n) is 2.30. The van der Waals surface area contributed by atoms with Crippen molar-refractivity contribution in [3.05, 3.63) is 54.1 Å². The molecular weight excluding hydrogens is 259 g/mol. The minimum absolute atomic E-state index is 0.190. The summed E-state index contributed by atoms with van der Waals surface area (Å²) < 4.78 is 38.3. The number of alkyl halides is 3. The van der Waals surface area contributed by atoms with Gasteiger partial charge in [0.25, 0.3) is 0 Å². The molecule has 0 radical (unpaired) electrons. The molecule has 0 unspecified atom stereocenters. The summed E-state index contributed by atoms with van der Waals surface area (Å²) in [6, 6.07) is 12.3. The van der Waals surface area contributed by atoms with Crippen LogP contribution in [-0.2, 0) is 6.18 Å². The van der Waals surface area contributed by atoms with Gasteiger partial charge in [-0.3, -0.25) is 0 Å². The van der Waals surface area contributed by atoms with Crippen LogP contribution in [0.15, 0.2) is 58.3 Å². The Morgan fingerprint density at radius 1 is 0.889 bits per heavy atom. The van der Waals surface area contributed by atoms with E-state index in [1.807, 2.05) is 0 Å². The Balaban J connectivity index is 2.32. The molecule has 0 bridgehead atoms. The molecule has 0 aromatic heterocycles. The lowest BCUT2D eigenvalue weighted by Crippen LogP contribution is -2.06.